The second kappa shape index (κ2) is 2.25. The minimum atomic E-state index is 1.05. The topological polar surface area (TPSA) is 12.9 Å². The molecule has 0 fully saturated rings. The van der Waals surface area contributed by atoms with Gasteiger partial charge in [0.25, 0.3) is 0 Å². The van der Waals surface area contributed by atoms with E-state index in [1.807, 2.05) is 29.8 Å². The number of thiazole rings is 1. The molecular weight excluding hydrogens is 142 g/mol. The van der Waals surface area contributed by atoms with Gasteiger partial charge in [-0.15, -0.1) is 17.1 Å². The Morgan fingerprint density at radius 2 is 2.50 bits per heavy atom. The standard InChI is InChI=1S/C8H5NS/c1-2-4-7-8(5-3-1)10-6-9-7/h1-2,4-6H. The summed E-state index contributed by atoms with van der Waals surface area (Å²) in [6.45, 7) is 0. The van der Waals surface area contributed by atoms with Gasteiger partial charge in [-0.25, -0.2) is 4.98 Å². The molecule has 0 spiro atoms. The first-order valence-electron chi connectivity index (χ1n) is 2.99. The second-order valence-electron chi connectivity index (χ2n) is 1.94. The Balaban J connectivity index is 2.68. The highest BCUT2D eigenvalue weighted by atomic mass is 32.1. The van der Waals surface area contributed by atoms with Gasteiger partial charge in [0.15, 0.2) is 0 Å². The molecule has 1 nitrogen and oxygen atoms in total. The first-order valence-corrected chi connectivity index (χ1v) is 3.87. The molecular formula is C8H5NS. The summed E-state index contributed by atoms with van der Waals surface area (Å²) in [5.41, 5.74) is 5.92. The van der Waals surface area contributed by atoms with Gasteiger partial charge >= 0.3 is 0 Å². The number of allylic oxidation sites excluding steroid dienone is 2. The zero-order chi connectivity index (χ0) is 6.81. The van der Waals surface area contributed by atoms with Gasteiger partial charge in [-0.3, -0.25) is 0 Å². The van der Waals surface area contributed by atoms with Crippen molar-refractivity contribution in [2.45, 2.75) is 0 Å². The molecule has 10 heavy (non-hydrogen) atoms. The summed E-state index contributed by atoms with van der Waals surface area (Å²) in [6.07, 6.45) is 7.77. The molecule has 0 N–H and O–H groups in total. The maximum atomic E-state index is 4.16. The zero-order valence-corrected chi connectivity index (χ0v) is 6.06. The van der Waals surface area contributed by atoms with E-state index >= 15 is 0 Å². The van der Waals surface area contributed by atoms with Gasteiger partial charge in [-0.05, 0) is 18.2 Å². The summed E-state index contributed by atoms with van der Waals surface area (Å²) >= 11 is 1.64. The number of aromatic nitrogens is 1. The molecule has 0 atom stereocenters. The van der Waals surface area contributed by atoms with Crippen LogP contribution in [0.25, 0.3) is 12.2 Å². The van der Waals surface area contributed by atoms with Gasteiger partial charge in [0.2, 0.25) is 0 Å². The van der Waals surface area contributed by atoms with E-state index < -0.39 is 0 Å². The number of hydrogen-bond donors (Lipinski definition) is 0. The lowest BCUT2D eigenvalue weighted by Crippen LogP contribution is -1.70. The van der Waals surface area contributed by atoms with Crippen molar-refractivity contribution in [3.05, 3.63) is 34.0 Å². The van der Waals surface area contributed by atoms with Crippen molar-refractivity contribution in [1.29, 1.82) is 0 Å². The molecule has 0 unspecified atom stereocenters. The van der Waals surface area contributed by atoms with E-state index in [0.29, 0.717) is 0 Å². The minimum absolute atomic E-state index is 1.05. The Labute approximate surface area is 63.0 Å². The van der Waals surface area contributed by atoms with E-state index in [1.54, 1.807) is 11.3 Å². The van der Waals surface area contributed by atoms with Crippen LogP contribution in [0.4, 0.5) is 0 Å². The predicted octanol–water partition coefficient (Wildman–Crippen LogP) is 2.34. The van der Waals surface area contributed by atoms with Crippen molar-refractivity contribution in [1.82, 2.24) is 4.98 Å². The first-order chi connectivity index (χ1) is 4.97. The highest BCUT2D eigenvalue weighted by Gasteiger charge is 1.98. The maximum Gasteiger partial charge on any atom is 0.0818 e. The Morgan fingerprint density at radius 3 is 3.50 bits per heavy atom. The quantitative estimate of drug-likeness (QED) is 0.513. The van der Waals surface area contributed by atoms with Crippen LogP contribution in [0.5, 0.6) is 0 Å². The number of hydrogen-bond acceptors (Lipinski definition) is 2. The van der Waals surface area contributed by atoms with Crippen LogP contribution in [0.3, 0.4) is 0 Å². The van der Waals surface area contributed by atoms with E-state index in [-0.39, 0.29) is 0 Å². The van der Waals surface area contributed by atoms with Crippen molar-refractivity contribution in [2.75, 3.05) is 0 Å². The molecule has 2 heteroatoms. The highest BCUT2D eigenvalue weighted by molar-refractivity contribution is 7.10. The van der Waals surface area contributed by atoms with E-state index in [2.05, 4.69) is 10.7 Å². The van der Waals surface area contributed by atoms with Gasteiger partial charge in [0, 0.05) is 0 Å². The normalized spacial score (nSPS) is 13.2. The molecule has 1 aliphatic rings. The Kier molecular flexibility index (Phi) is 1.28. The van der Waals surface area contributed by atoms with Crippen molar-refractivity contribution in [3.63, 3.8) is 0 Å². The summed E-state index contributed by atoms with van der Waals surface area (Å²) in [5, 5.41) is 0. The first kappa shape index (κ1) is 5.66. The van der Waals surface area contributed by atoms with Crippen LogP contribution >= 0.6 is 11.3 Å². The van der Waals surface area contributed by atoms with Crippen LogP contribution in [-0.2, 0) is 0 Å². The van der Waals surface area contributed by atoms with Crippen LogP contribution < -0.4 is 0 Å². The van der Waals surface area contributed by atoms with Gasteiger partial charge in [-0.1, -0.05) is 6.08 Å². The summed E-state index contributed by atoms with van der Waals surface area (Å²) in [4.78, 5) is 5.34. The molecule has 0 aromatic carbocycles. The van der Waals surface area contributed by atoms with Crippen molar-refractivity contribution in [3.8, 4) is 0 Å². The smallest absolute Gasteiger partial charge is 0.0818 e. The number of rotatable bonds is 0. The number of fused-ring (bicyclic) bond motifs is 1. The summed E-state index contributed by atoms with van der Waals surface area (Å²) in [6, 6.07) is 0. The zero-order valence-electron chi connectivity index (χ0n) is 5.24. The van der Waals surface area contributed by atoms with E-state index in [1.165, 1.54) is 4.88 Å². The monoisotopic (exact) mass is 147 g/mol. The average Bonchev–Trinajstić information content (AvgIpc) is 2.28. The van der Waals surface area contributed by atoms with E-state index in [0.717, 1.165) is 5.69 Å². The van der Waals surface area contributed by atoms with Gasteiger partial charge in [-0.2, -0.15) is 0 Å². The maximum absolute atomic E-state index is 4.16. The lowest BCUT2D eigenvalue weighted by molar-refractivity contribution is 1.38. The van der Waals surface area contributed by atoms with Crippen LogP contribution in [0.2, 0.25) is 0 Å². The van der Waals surface area contributed by atoms with Gasteiger partial charge in [0.1, 0.15) is 0 Å². The van der Waals surface area contributed by atoms with Crippen LogP contribution in [0.15, 0.2) is 23.4 Å². The van der Waals surface area contributed by atoms with Crippen molar-refractivity contribution >= 4 is 23.5 Å². The molecule has 0 bridgehead atoms. The van der Waals surface area contributed by atoms with Crippen LogP contribution in [-0.4, -0.2) is 4.98 Å². The van der Waals surface area contributed by atoms with Gasteiger partial charge in [0.05, 0.1) is 16.1 Å². The molecule has 1 aromatic heterocycles. The Bertz CT molecular complexity index is 327. The number of nitrogens with zero attached hydrogens (tertiary/aromatic N) is 1. The summed E-state index contributed by atoms with van der Waals surface area (Å²) in [7, 11) is 0. The fourth-order valence-corrected chi connectivity index (χ4v) is 1.47. The predicted molar refractivity (Wildman–Crippen MR) is 43.7 cm³/mol. The Morgan fingerprint density at radius 1 is 1.50 bits per heavy atom. The molecule has 0 radical (unpaired) electrons. The molecule has 1 heterocycles. The molecule has 1 aromatic rings. The van der Waals surface area contributed by atoms with Crippen molar-refractivity contribution in [2.24, 2.45) is 0 Å². The third kappa shape index (κ3) is 0.838. The van der Waals surface area contributed by atoms with Gasteiger partial charge < -0.3 is 0 Å². The SMILES string of the molecule is C1=CC=Cc2ncsc2C=1. The van der Waals surface area contributed by atoms with E-state index in [9.17, 15) is 0 Å². The van der Waals surface area contributed by atoms with Crippen LogP contribution in [0.1, 0.15) is 10.6 Å². The minimum Gasteiger partial charge on any atom is -0.245 e. The van der Waals surface area contributed by atoms with Crippen molar-refractivity contribution < 1.29 is 0 Å². The molecule has 0 aliphatic heterocycles. The van der Waals surface area contributed by atoms with E-state index in [4.69, 9.17) is 0 Å². The fourth-order valence-electron chi connectivity index (χ4n) is 0.816. The molecule has 1 aliphatic carbocycles. The lowest BCUT2D eigenvalue weighted by Gasteiger charge is -1.82. The third-order valence-corrected chi connectivity index (χ3v) is 2.08. The fraction of sp³-hybridized carbons (Fsp3) is 0. The third-order valence-electron chi connectivity index (χ3n) is 1.28. The Hall–Kier alpha value is -1.11. The van der Waals surface area contributed by atoms with Crippen LogP contribution in [0, 0.1) is 0 Å². The molecule has 0 amide bonds. The molecule has 0 saturated heterocycles. The molecule has 48 valence electrons. The summed E-state index contributed by atoms with van der Waals surface area (Å²) in [5.74, 6) is 0. The second-order valence-corrected chi connectivity index (χ2v) is 2.82. The average molecular weight is 147 g/mol. The molecule has 0 saturated carbocycles. The lowest BCUT2D eigenvalue weighted by atomic mass is 10.3. The largest absolute Gasteiger partial charge is 0.245 e. The summed E-state index contributed by atoms with van der Waals surface area (Å²) < 4.78 is 0. The molecule has 2 rings (SSSR count). The highest BCUT2D eigenvalue weighted by Crippen LogP contribution is 2.17.